The summed E-state index contributed by atoms with van der Waals surface area (Å²) in [4.78, 5) is 23.3. The molecule has 0 aliphatic heterocycles. The number of nitrogens with one attached hydrogen (secondary N) is 1. The maximum Gasteiger partial charge on any atom is 0.274 e. The molecule has 6 nitrogen and oxygen atoms in total. The molecular formula is C14H9N5O. The maximum absolute atomic E-state index is 12.0. The molecule has 2 heterocycles. The van der Waals surface area contributed by atoms with Crippen LogP contribution in [0.5, 0.6) is 0 Å². The fourth-order valence-corrected chi connectivity index (χ4v) is 1.55. The molecule has 96 valence electrons. The van der Waals surface area contributed by atoms with Gasteiger partial charge in [0.05, 0.1) is 12.1 Å². The predicted molar refractivity (Wildman–Crippen MR) is 72.1 cm³/mol. The van der Waals surface area contributed by atoms with Crippen LogP contribution < -0.4 is 5.32 Å². The van der Waals surface area contributed by atoms with Crippen LogP contribution in [0.3, 0.4) is 0 Å². The zero-order valence-corrected chi connectivity index (χ0v) is 10.6. The lowest BCUT2D eigenvalue weighted by atomic mass is 10.2. The second-order valence-corrected chi connectivity index (χ2v) is 3.96. The molecule has 0 fully saturated rings. The minimum atomic E-state index is -0.448. The van der Waals surface area contributed by atoms with Crippen LogP contribution in [0.25, 0.3) is 4.85 Å². The van der Waals surface area contributed by atoms with Gasteiger partial charge in [0.25, 0.3) is 5.91 Å². The summed E-state index contributed by atoms with van der Waals surface area (Å²) in [5.74, 6) is -0.127. The van der Waals surface area contributed by atoms with Gasteiger partial charge in [0, 0.05) is 11.9 Å². The highest BCUT2D eigenvalue weighted by Gasteiger charge is 2.10. The molecule has 20 heavy (non-hydrogen) atoms. The molecule has 0 aliphatic rings. The maximum atomic E-state index is 12.0. The molecule has 0 aliphatic carbocycles. The Labute approximate surface area is 115 Å². The van der Waals surface area contributed by atoms with Crippen molar-refractivity contribution in [3.8, 4) is 6.07 Å². The van der Waals surface area contributed by atoms with Crippen LogP contribution in [0.2, 0.25) is 0 Å². The number of hydrogen-bond donors (Lipinski definition) is 1. The molecule has 0 aromatic carbocycles. The smallest absolute Gasteiger partial charge is 0.274 e. The minimum absolute atomic E-state index is 0.155. The van der Waals surface area contributed by atoms with Crippen LogP contribution in [0.4, 0.5) is 11.5 Å². The van der Waals surface area contributed by atoms with E-state index in [0.717, 1.165) is 0 Å². The van der Waals surface area contributed by atoms with Crippen LogP contribution in [0.15, 0.2) is 30.5 Å². The Morgan fingerprint density at radius 1 is 1.45 bits per heavy atom. The van der Waals surface area contributed by atoms with E-state index in [-0.39, 0.29) is 5.69 Å². The van der Waals surface area contributed by atoms with Crippen LogP contribution in [0, 0.1) is 24.8 Å². The SMILES string of the molecule is [C-]#[N+]c1cc(C)nc(C(=O)Nc2ccc(C#N)cn2)c1. The van der Waals surface area contributed by atoms with Gasteiger partial charge in [0.1, 0.15) is 17.6 Å². The van der Waals surface area contributed by atoms with E-state index in [2.05, 4.69) is 20.1 Å². The lowest BCUT2D eigenvalue weighted by molar-refractivity contribution is 0.102. The highest BCUT2D eigenvalue weighted by molar-refractivity contribution is 6.02. The number of pyridine rings is 2. The fraction of sp³-hybridized carbons (Fsp3) is 0.0714. The Bertz CT molecular complexity index is 738. The van der Waals surface area contributed by atoms with Crippen molar-refractivity contribution in [2.24, 2.45) is 0 Å². The number of carbonyl (C=O) groups is 1. The Hall–Kier alpha value is -3.25. The molecule has 2 aromatic rings. The average Bonchev–Trinajstić information content (AvgIpc) is 2.47. The summed E-state index contributed by atoms with van der Waals surface area (Å²) >= 11 is 0. The first-order valence-electron chi connectivity index (χ1n) is 5.66. The molecule has 0 radical (unpaired) electrons. The molecular weight excluding hydrogens is 254 g/mol. The summed E-state index contributed by atoms with van der Waals surface area (Å²) in [6.07, 6.45) is 1.36. The Morgan fingerprint density at radius 2 is 2.25 bits per heavy atom. The summed E-state index contributed by atoms with van der Waals surface area (Å²) in [5, 5.41) is 11.2. The number of aromatic nitrogens is 2. The van der Waals surface area contributed by atoms with Crippen LogP contribution in [-0.4, -0.2) is 15.9 Å². The number of nitriles is 1. The molecule has 2 rings (SSSR count). The van der Waals surface area contributed by atoms with Crippen LogP contribution in [0.1, 0.15) is 21.7 Å². The number of nitrogens with zero attached hydrogens (tertiary/aromatic N) is 4. The van der Waals surface area contributed by atoms with E-state index in [1.54, 1.807) is 19.1 Å². The Balaban J connectivity index is 2.22. The van der Waals surface area contributed by atoms with Crippen LogP contribution >= 0.6 is 0 Å². The zero-order valence-electron chi connectivity index (χ0n) is 10.6. The second kappa shape index (κ2) is 5.59. The van der Waals surface area contributed by atoms with Crippen molar-refractivity contribution < 1.29 is 4.79 Å². The topological polar surface area (TPSA) is 83.0 Å². The van der Waals surface area contributed by atoms with Gasteiger partial charge < -0.3 is 5.32 Å². The minimum Gasteiger partial charge on any atom is -0.305 e. The monoisotopic (exact) mass is 263 g/mol. The molecule has 0 bridgehead atoms. The molecule has 2 aromatic heterocycles. The van der Waals surface area contributed by atoms with E-state index in [4.69, 9.17) is 11.8 Å². The third-order valence-corrected chi connectivity index (χ3v) is 2.43. The fourth-order valence-electron chi connectivity index (χ4n) is 1.55. The van der Waals surface area contributed by atoms with E-state index < -0.39 is 5.91 Å². The van der Waals surface area contributed by atoms with Gasteiger partial charge in [-0.2, -0.15) is 5.26 Å². The molecule has 6 heteroatoms. The third kappa shape index (κ3) is 2.95. The average molecular weight is 263 g/mol. The van der Waals surface area contributed by atoms with Gasteiger partial charge >= 0.3 is 0 Å². The van der Waals surface area contributed by atoms with Crippen molar-refractivity contribution >= 4 is 17.4 Å². The highest BCUT2D eigenvalue weighted by atomic mass is 16.1. The number of amides is 1. The van der Waals surface area contributed by atoms with Crippen molar-refractivity contribution in [1.29, 1.82) is 5.26 Å². The molecule has 0 unspecified atom stereocenters. The lowest BCUT2D eigenvalue weighted by Crippen LogP contribution is -2.14. The van der Waals surface area contributed by atoms with Gasteiger partial charge in [0.2, 0.25) is 0 Å². The standard InChI is InChI=1S/C14H9N5O/c1-9-5-11(16-2)6-12(18-9)14(20)19-13-4-3-10(7-15)8-17-13/h3-6,8H,1H3,(H,17,19,20). The van der Waals surface area contributed by atoms with Gasteiger partial charge in [-0.15, -0.1) is 0 Å². The predicted octanol–water partition coefficient (Wildman–Crippen LogP) is 2.46. The number of aryl methyl sites for hydroxylation is 1. The first kappa shape index (κ1) is 13.2. The highest BCUT2D eigenvalue weighted by Crippen LogP contribution is 2.15. The number of rotatable bonds is 2. The van der Waals surface area contributed by atoms with Gasteiger partial charge in [0.15, 0.2) is 5.69 Å². The van der Waals surface area contributed by atoms with Gasteiger partial charge in [-0.25, -0.2) is 9.83 Å². The molecule has 0 saturated carbocycles. The van der Waals surface area contributed by atoms with Crippen molar-refractivity contribution in [2.45, 2.75) is 6.92 Å². The third-order valence-electron chi connectivity index (χ3n) is 2.43. The summed E-state index contributed by atoms with van der Waals surface area (Å²) in [6, 6.07) is 8.04. The molecule has 0 saturated heterocycles. The van der Waals surface area contributed by atoms with E-state index in [0.29, 0.717) is 22.8 Å². The number of anilines is 1. The van der Waals surface area contributed by atoms with Gasteiger partial charge in [-0.05, 0) is 31.2 Å². The van der Waals surface area contributed by atoms with Crippen molar-refractivity contribution in [3.05, 3.63) is 58.8 Å². The van der Waals surface area contributed by atoms with Crippen LogP contribution in [-0.2, 0) is 0 Å². The van der Waals surface area contributed by atoms with Crippen molar-refractivity contribution in [1.82, 2.24) is 9.97 Å². The van der Waals surface area contributed by atoms with Crippen molar-refractivity contribution in [3.63, 3.8) is 0 Å². The summed E-state index contributed by atoms with van der Waals surface area (Å²) < 4.78 is 0. The van der Waals surface area contributed by atoms with E-state index >= 15 is 0 Å². The largest absolute Gasteiger partial charge is 0.305 e. The summed E-state index contributed by atoms with van der Waals surface area (Å²) in [6.45, 7) is 8.68. The molecule has 1 N–H and O–H groups in total. The first-order valence-corrected chi connectivity index (χ1v) is 5.66. The Morgan fingerprint density at radius 3 is 2.85 bits per heavy atom. The second-order valence-electron chi connectivity index (χ2n) is 3.96. The molecule has 1 amide bonds. The molecule has 0 atom stereocenters. The quantitative estimate of drug-likeness (QED) is 0.843. The van der Waals surface area contributed by atoms with Gasteiger partial charge in [-0.1, -0.05) is 0 Å². The van der Waals surface area contributed by atoms with Crippen molar-refractivity contribution in [2.75, 3.05) is 5.32 Å². The normalized spacial score (nSPS) is 9.35. The zero-order chi connectivity index (χ0) is 14.5. The lowest BCUT2D eigenvalue weighted by Gasteiger charge is -2.05. The number of hydrogen-bond acceptors (Lipinski definition) is 4. The Kier molecular flexibility index (Phi) is 3.69. The van der Waals surface area contributed by atoms with E-state index in [1.165, 1.54) is 18.3 Å². The van der Waals surface area contributed by atoms with Gasteiger partial charge in [-0.3, -0.25) is 9.78 Å². The van der Waals surface area contributed by atoms with E-state index in [9.17, 15) is 4.79 Å². The summed E-state index contributed by atoms with van der Waals surface area (Å²) in [5.41, 5.74) is 1.51. The summed E-state index contributed by atoms with van der Waals surface area (Å²) in [7, 11) is 0. The van der Waals surface area contributed by atoms with E-state index in [1.807, 2.05) is 6.07 Å². The first-order chi connectivity index (χ1) is 9.62. The molecule has 0 spiro atoms. The number of carbonyl (C=O) groups excluding carboxylic acids is 1.